The standard InChI is InChI=1S/C17H20N4O2/c1-11(2)17-20-16(23-21-17)5-4-8-19-15-9-13(10-18)6-7-14(15)12(3)22/h6-7,9,11,19H,4-5,8H2,1-3H3. The fourth-order valence-corrected chi connectivity index (χ4v) is 2.13. The molecule has 1 heterocycles. The summed E-state index contributed by atoms with van der Waals surface area (Å²) in [5.74, 6) is 1.55. The lowest BCUT2D eigenvalue weighted by Gasteiger charge is -2.10. The fourth-order valence-electron chi connectivity index (χ4n) is 2.13. The predicted molar refractivity (Wildman–Crippen MR) is 86.4 cm³/mol. The number of carbonyl (C=O) groups is 1. The van der Waals surface area contributed by atoms with Gasteiger partial charge in [0.05, 0.1) is 11.6 Å². The summed E-state index contributed by atoms with van der Waals surface area (Å²) in [4.78, 5) is 16.0. The molecule has 0 aliphatic heterocycles. The zero-order chi connectivity index (χ0) is 16.8. The molecule has 0 spiro atoms. The van der Waals surface area contributed by atoms with Crippen LogP contribution >= 0.6 is 0 Å². The molecule has 0 atom stereocenters. The van der Waals surface area contributed by atoms with Gasteiger partial charge in [-0.2, -0.15) is 10.2 Å². The van der Waals surface area contributed by atoms with Crippen LogP contribution < -0.4 is 5.32 Å². The van der Waals surface area contributed by atoms with Crippen molar-refractivity contribution in [1.82, 2.24) is 10.1 Å². The number of nitriles is 1. The summed E-state index contributed by atoms with van der Waals surface area (Å²) in [6.07, 6.45) is 1.45. The average molecular weight is 312 g/mol. The zero-order valence-electron chi connectivity index (χ0n) is 13.6. The number of carbonyl (C=O) groups excluding carboxylic acids is 1. The molecule has 0 bridgehead atoms. The molecule has 0 fully saturated rings. The van der Waals surface area contributed by atoms with Gasteiger partial charge in [0.25, 0.3) is 0 Å². The summed E-state index contributed by atoms with van der Waals surface area (Å²) < 4.78 is 5.19. The third kappa shape index (κ3) is 4.39. The van der Waals surface area contributed by atoms with Crippen LogP contribution in [0.4, 0.5) is 5.69 Å². The Morgan fingerprint density at radius 1 is 1.43 bits per heavy atom. The Hall–Kier alpha value is -2.68. The smallest absolute Gasteiger partial charge is 0.226 e. The largest absolute Gasteiger partial charge is 0.384 e. The first kappa shape index (κ1) is 16.7. The summed E-state index contributed by atoms with van der Waals surface area (Å²) in [6, 6.07) is 7.10. The molecule has 0 radical (unpaired) electrons. The molecule has 1 aromatic heterocycles. The fraction of sp³-hybridized carbons (Fsp3) is 0.412. The van der Waals surface area contributed by atoms with Crippen LogP contribution in [0.1, 0.15) is 60.7 Å². The van der Waals surface area contributed by atoms with Gasteiger partial charge in [0.1, 0.15) is 0 Å². The van der Waals surface area contributed by atoms with Crippen molar-refractivity contribution < 1.29 is 9.32 Å². The highest BCUT2D eigenvalue weighted by atomic mass is 16.5. The third-order valence-electron chi connectivity index (χ3n) is 3.41. The Balaban J connectivity index is 1.93. The summed E-state index contributed by atoms with van der Waals surface area (Å²) in [7, 11) is 0. The van der Waals surface area contributed by atoms with Crippen molar-refractivity contribution >= 4 is 11.5 Å². The maximum Gasteiger partial charge on any atom is 0.226 e. The average Bonchev–Trinajstić information content (AvgIpc) is 3.00. The molecule has 2 aromatic rings. The highest BCUT2D eigenvalue weighted by Gasteiger charge is 2.10. The van der Waals surface area contributed by atoms with Crippen LogP contribution in [0.15, 0.2) is 22.7 Å². The molecular formula is C17H20N4O2. The Labute approximate surface area is 135 Å². The van der Waals surface area contributed by atoms with Gasteiger partial charge in [-0.3, -0.25) is 4.79 Å². The molecule has 1 N–H and O–H groups in total. The molecule has 120 valence electrons. The zero-order valence-corrected chi connectivity index (χ0v) is 13.6. The van der Waals surface area contributed by atoms with E-state index in [0.717, 1.165) is 6.42 Å². The van der Waals surface area contributed by atoms with E-state index in [1.54, 1.807) is 18.2 Å². The van der Waals surface area contributed by atoms with Crippen molar-refractivity contribution in [3.63, 3.8) is 0 Å². The van der Waals surface area contributed by atoms with Crippen LogP contribution in [-0.4, -0.2) is 22.5 Å². The summed E-state index contributed by atoms with van der Waals surface area (Å²) in [6.45, 7) is 6.19. The lowest BCUT2D eigenvalue weighted by molar-refractivity contribution is 0.101. The second-order valence-corrected chi connectivity index (χ2v) is 5.66. The number of rotatable bonds is 7. The normalized spacial score (nSPS) is 10.6. The Bertz CT molecular complexity index is 728. The van der Waals surface area contributed by atoms with Crippen LogP contribution in [0, 0.1) is 11.3 Å². The number of hydrogen-bond acceptors (Lipinski definition) is 6. The maximum absolute atomic E-state index is 11.6. The number of aromatic nitrogens is 2. The van der Waals surface area contributed by atoms with Crippen LogP contribution in [0.25, 0.3) is 0 Å². The van der Waals surface area contributed by atoms with E-state index in [4.69, 9.17) is 9.78 Å². The van der Waals surface area contributed by atoms with E-state index in [1.165, 1.54) is 6.92 Å². The molecule has 6 heteroatoms. The Morgan fingerprint density at radius 3 is 2.83 bits per heavy atom. The molecule has 0 aliphatic carbocycles. The lowest BCUT2D eigenvalue weighted by Crippen LogP contribution is -2.08. The number of anilines is 1. The van der Waals surface area contributed by atoms with Crippen LogP contribution in [0.2, 0.25) is 0 Å². The quantitative estimate of drug-likeness (QED) is 0.623. The Morgan fingerprint density at radius 2 is 2.22 bits per heavy atom. The highest BCUT2D eigenvalue weighted by Crippen LogP contribution is 2.18. The molecule has 0 saturated heterocycles. The van der Waals surface area contributed by atoms with E-state index in [2.05, 4.69) is 21.5 Å². The number of aryl methyl sites for hydroxylation is 1. The second kappa shape index (κ2) is 7.54. The summed E-state index contributed by atoms with van der Waals surface area (Å²) in [5.41, 5.74) is 1.80. The first-order valence-electron chi connectivity index (χ1n) is 7.62. The van der Waals surface area contributed by atoms with Crippen molar-refractivity contribution in [3.05, 3.63) is 41.0 Å². The number of nitrogens with zero attached hydrogens (tertiary/aromatic N) is 3. The number of ketones is 1. The van der Waals surface area contributed by atoms with Crippen molar-refractivity contribution in [2.75, 3.05) is 11.9 Å². The third-order valence-corrected chi connectivity index (χ3v) is 3.41. The van der Waals surface area contributed by atoms with Gasteiger partial charge in [0.15, 0.2) is 11.6 Å². The molecule has 0 aliphatic rings. The topological polar surface area (TPSA) is 91.8 Å². The molecular weight excluding hydrogens is 292 g/mol. The van der Waals surface area contributed by atoms with Gasteiger partial charge in [-0.25, -0.2) is 0 Å². The molecule has 1 aromatic carbocycles. The first-order chi connectivity index (χ1) is 11.0. The van der Waals surface area contributed by atoms with Gasteiger partial charge in [0, 0.05) is 30.1 Å². The number of hydrogen-bond donors (Lipinski definition) is 1. The molecule has 0 saturated carbocycles. The maximum atomic E-state index is 11.6. The summed E-state index contributed by atoms with van der Waals surface area (Å²) >= 11 is 0. The van der Waals surface area contributed by atoms with E-state index in [0.29, 0.717) is 41.5 Å². The molecule has 2 rings (SSSR count). The minimum atomic E-state index is -0.0320. The lowest BCUT2D eigenvalue weighted by atomic mass is 10.1. The number of Topliss-reactive ketones (excluding diaryl/α,β-unsaturated/α-hetero) is 1. The van der Waals surface area contributed by atoms with Gasteiger partial charge in [-0.1, -0.05) is 19.0 Å². The van der Waals surface area contributed by atoms with E-state index < -0.39 is 0 Å². The van der Waals surface area contributed by atoms with Crippen LogP contribution in [0.5, 0.6) is 0 Å². The van der Waals surface area contributed by atoms with Crippen molar-refractivity contribution in [1.29, 1.82) is 5.26 Å². The van der Waals surface area contributed by atoms with Gasteiger partial charge in [-0.05, 0) is 31.5 Å². The minimum absolute atomic E-state index is 0.0320. The number of benzene rings is 1. The van der Waals surface area contributed by atoms with Crippen molar-refractivity contribution in [2.24, 2.45) is 0 Å². The SMILES string of the molecule is CC(=O)c1ccc(C#N)cc1NCCCc1nc(C(C)C)no1. The van der Waals surface area contributed by atoms with Crippen molar-refractivity contribution in [3.8, 4) is 6.07 Å². The second-order valence-electron chi connectivity index (χ2n) is 5.66. The number of nitrogens with one attached hydrogen (secondary N) is 1. The van der Waals surface area contributed by atoms with Crippen LogP contribution in [0.3, 0.4) is 0 Å². The molecule has 0 unspecified atom stereocenters. The van der Waals surface area contributed by atoms with E-state index in [1.807, 2.05) is 13.8 Å². The van der Waals surface area contributed by atoms with E-state index in [9.17, 15) is 4.79 Å². The highest BCUT2D eigenvalue weighted by molar-refractivity contribution is 5.99. The monoisotopic (exact) mass is 312 g/mol. The predicted octanol–water partition coefficient (Wildman–Crippen LogP) is 3.31. The van der Waals surface area contributed by atoms with Gasteiger partial charge >= 0.3 is 0 Å². The molecule has 23 heavy (non-hydrogen) atoms. The van der Waals surface area contributed by atoms with Gasteiger partial charge in [0.2, 0.25) is 5.89 Å². The van der Waals surface area contributed by atoms with Gasteiger partial charge < -0.3 is 9.84 Å². The van der Waals surface area contributed by atoms with Gasteiger partial charge in [-0.15, -0.1) is 0 Å². The summed E-state index contributed by atoms with van der Waals surface area (Å²) in [5, 5.41) is 16.1. The molecule has 6 nitrogen and oxygen atoms in total. The molecule has 0 amide bonds. The van der Waals surface area contributed by atoms with E-state index in [-0.39, 0.29) is 11.7 Å². The van der Waals surface area contributed by atoms with Crippen molar-refractivity contribution in [2.45, 2.75) is 39.5 Å². The van der Waals surface area contributed by atoms with Crippen LogP contribution in [-0.2, 0) is 6.42 Å². The minimum Gasteiger partial charge on any atom is -0.384 e. The first-order valence-corrected chi connectivity index (χ1v) is 7.62. The Kier molecular flexibility index (Phi) is 5.47. The van der Waals surface area contributed by atoms with E-state index >= 15 is 0 Å².